The van der Waals surface area contributed by atoms with E-state index in [0.717, 1.165) is 23.3 Å². The van der Waals surface area contributed by atoms with Crippen LogP contribution in [0, 0.1) is 0 Å². The van der Waals surface area contributed by atoms with Crippen LogP contribution in [0.3, 0.4) is 0 Å². The van der Waals surface area contributed by atoms with Crippen LogP contribution < -0.4 is 10.6 Å². The van der Waals surface area contributed by atoms with Crippen LogP contribution in [0.5, 0.6) is 0 Å². The minimum atomic E-state index is -0.216. The average molecular weight is 342 g/mol. The highest BCUT2D eigenvalue weighted by atomic mass is 79.9. The Labute approximate surface area is 130 Å². The van der Waals surface area contributed by atoms with Crippen molar-refractivity contribution in [2.24, 2.45) is 0 Å². The third-order valence-corrected chi connectivity index (χ3v) is 2.99. The maximum Gasteiger partial charge on any atom is 0.179 e. The van der Waals surface area contributed by atoms with Gasteiger partial charge in [0, 0.05) is 29.8 Å². The number of pyridine rings is 1. The predicted molar refractivity (Wildman–Crippen MR) is 86.3 cm³/mol. The second-order valence-corrected chi connectivity index (χ2v) is 6.56. The first kappa shape index (κ1) is 17.0. The average Bonchev–Trinajstić information content (AvgIpc) is 2.33. The molecule has 1 heterocycles. The summed E-state index contributed by atoms with van der Waals surface area (Å²) in [6, 6.07) is 4.22. The van der Waals surface area contributed by atoms with Crippen molar-refractivity contribution in [1.82, 2.24) is 15.6 Å². The highest BCUT2D eigenvalue weighted by Gasteiger charge is 2.12. The zero-order valence-electron chi connectivity index (χ0n) is 12.7. The van der Waals surface area contributed by atoms with Crippen molar-refractivity contribution < 1.29 is 4.74 Å². The molecule has 0 aromatic carbocycles. The molecule has 4 nitrogen and oxygen atoms in total. The fraction of sp³-hybridized carbons (Fsp3) is 0.533. The van der Waals surface area contributed by atoms with E-state index in [1.165, 1.54) is 0 Å². The van der Waals surface area contributed by atoms with Crippen LogP contribution in [0.2, 0.25) is 0 Å². The number of hydrogen-bond donors (Lipinski definition) is 2. The summed E-state index contributed by atoms with van der Waals surface area (Å²) in [4.78, 5) is 4.37. The summed E-state index contributed by atoms with van der Waals surface area (Å²) in [5.41, 5.74) is 0.810. The van der Waals surface area contributed by atoms with E-state index >= 15 is 0 Å². The van der Waals surface area contributed by atoms with E-state index in [1.54, 1.807) is 0 Å². The Morgan fingerprint density at radius 3 is 2.65 bits per heavy atom. The highest BCUT2D eigenvalue weighted by Crippen LogP contribution is 2.13. The maximum absolute atomic E-state index is 5.59. The number of nitrogens with zero attached hydrogens (tertiary/aromatic N) is 1. The van der Waals surface area contributed by atoms with Crippen LogP contribution in [0.1, 0.15) is 39.4 Å². The van der Waals surface area contributed by atoms with Gasteiger partial charge in [0.05, 0.1) is 5.69 Å². The van der Waals surface area contributed by atoms with E-state index in [-0.39, 0.29) is 11.6 Å². The molecule has 112 valence electrons. The molecule has 0 bridgehead atoms. The number of halogens is 1. The Hall–Kier alpha value is -1.07. The van der Waals surface area contributed by atoms with Gasteiger partial charge in [-0.2, -0.15) is 0 Å². The second kappa shape index (κ2) is 7.64. The first-order valence-corrected chi connectivity index (χ1v) is 7.54. The third kappa shape index (κ3) is 6.91. The second-order valence-electron chi connectivity index (χ2n) is 5.64. The molecule has 0 fully saturated rings. The number of nitrogens with one attached hydrogen (secondary N) is 2. The van der Waals surface area contributed by atoms with Gasteiger partial charge >= 0.3 is 0 Å². The van der Waals surface area contributed by atoms with Gasteiger partial charge in [-0.1, -0.05) is 0 Å². The monoisotopic (exact) mass is 341 g/mol. The van der Waals surface area contributed by atoms with Gasteiger partial charge in [-0.25, -0.2) is 0 Å². The smallest absolute Gasteiger partial charge is 0.179 e. The SMILES string of the molecule is C=C(NCCN[C@@H](C)c1ccc(Br)cn1)OC(C)(C)C. The quantitative estimate of drug-likeness (QED) is 0.589. The summed E-state index contributed by atoms with van der Waals surface area (Å²) in [6.07, 6.45) is 1.81. The van der Waals surface area contributed by atoms with Crippen molar-refractivity contribution >= 4 is 15.9 Å². The molecule has 0 radical (unpaired) electrons. The molecular formula is C15H24BrN3O. The van der Waals surface area contributed by atoms with Gasteiger partial charge in [0.1, 0.15) is 5.60 Å². The van der Waals surface area contributed by atoms with E-state index in [0.29, 0.717) is 5.88 Å². The molecule has 0 amide bonds. The van der Waals surface area contributed by atoms with Crippen LogP contribution in [-0.2, 0) is 4.74 Å². The zero-order chi connectivity index (χ0) is 15.2. The van der Waals surface area contributed by atoms with Crippen molar-refractivity contribution in [2.45, 2.75) is 39.3 Å². The summed E-state index contributed by atoms with van der Waals surface area (Å²) in [7, 11) is 0. The first-order valence-electron chi connectivity index (χ1n) is 6.74. The van der Waals surface area contributed by atoms with Crippen LogP contribution in [0.15, 0.2) is 35.3 Å². The largest absolute Gasteiger partial charge is 0.474 e. The molecule has 0 aliphatic carbocycles. The van der Waals surface area contributed by atoms with Gasteiger partial charge < -0.3 is 15.4 Å². The molecule has 5 heteroatoms. The molecule has 1 atom stereocenters. The first-order chi connectivity index (χ1) is 9.28. The Bertz CT molecular complexity index is 426. The molecule has 1 aromatic rings. The van der Waals surface area contributed by atoms with Crippen LogP contribution in [0.4, 0.5) is 0 Å². The van der Waals surface area contributed by atoms with Gasteiger partial charge in [0.25, 0.3) is 0 Å². The predicted octanol–water partition coefficient (Wildman–Crippen LogP) is 3.37. The molecule has 0 saturated carbocycles. The summed E-state index contributed by atoms with van der Waals surface area (Å²) in [5, 5.41) is 6.55. The Morgan fingerprint density at radius 1 is 1.40 bits per heavy atom. The Morgan fingerprint density at radius 2 is 2.10 bits per heavy atom. The standard InChI is InChI=1S/C15H24BrN3O/c1-11(14-7-6-13(16)10-19-14)17-8-9-18-12(2)20-15(3,4)5/h6-7,10-11,17-18H,2,8-9H2,1,3-5H3/t11-/m0/s1. The number of hydrogen-bond acceptors (Lipinski definition) is 4. The van der Waals surface area contributed by atoms with Crippen molar-refractivity contribution in [3.63, 3.8) is 0 Å². The molecule has 1 aromatic heterocycles. The third-order valence-electron chi connectivity index (χ3n) is 2.52. The molecule has 1 rings (SSSR count). The van der Waals surface area contributed by atoms with Crippen molar-refractivity contribution in [1.29, 1.82) is 0 Å². The lowest BCUT2D eigenvalue weighted by molar-refractivity contribution is 0.0417. The van der Waals surface area contributed by atoms with Crippen molar-refractivity contribution in [3.8, 4) is 0 Å². The Kier molecular flexibility index (Phi) is 6.49. The van der Waals surface area contributed by atoms with Gasteiger partial charge in [-0.3, -0.25) is 4.98 Å². The summed E-state index contributed by atoms with van der Waals surface area (Å²) in [6.45, 7) is 13.5. The number of rotatable bonds is 7. The van der Waals surface area contributed by atoms with Crippen LogP contribution >= 0.6 is 15.9 Å². The molecule has 0 saturated heterocycles. The summed E-state index contributed by atoms with van der Waals surface area (Å²) in [5.74, 6) is 0.605. The van der Waals surface area contributed by atoms with E-state index < -0.39 is 0 Å². The molecule has 2 N–H and O–H groups in total. The highest BCUT2D eigenvalue weighted by molar-refractivity contribution is 9.10. The van der Waals surface area contributed by atoms with E-state index in [9.17, 15) is 0 Å². The molecular weight excluding hydrogens is 318 g/mol. The summed E-state index contributed by atoms with van der Waals surface area (Å²) >= 11 is 3.38. The summed E-state index contributed by atoms with van der Waals surface area (Å²) < 4.78 is 6.58. The molecule has 0 aliphatic heterocycles. The van der Waals surface area contributed by atoms with Gasteiger partial charge in [-0.15, -0.1) is 0 Å². The van der Waals surface area contributed by atoms with Gasteiger partial charge in [0.15, 0.2) is 5.88 Å². The molecule has 0 aliphatic rings. The number of aromatic nitrogens is 1. The maximum atomic E-state index is 5.59. The Balaban J connectivity index is 2.24. The number of ether oxygens (including phenoxy) is 1. The lowest BCUT2D eigenvalue weighted by atomic mass is 10.2. The van der Waals surface area contributed by atoms with Gasteiger partial charge in [0.2, 0.25) is 0 Å². The fourth-order valence-electron chi connectivity index (χ4n) is 1.64. The zero-order valence-corrected chi connectivity index (χ0v) is 14.3. The van der Waals surface area contributed by atoms with Crippen molar-refractivity contribution in [3.05, 3.63) is 41.0 Å². The lowest BCUT2D eigenvalue weighted by Crippen LogP contribution is -2.31. The van der Waals surface area contributed by atoms with E-state index in [2.05, 4.69) is 45.1 Å². The fourth-order valence-corrected chi connectivity index (χ4v) is 1.88. The van der Waals surface area contributed by atoms with Gasteiger partial charge in [-0.05, 0) is 62.3 Å². The van der Waals surface area contributed by atoms with E-state index in [4.69, 9.17) is 4.74 Å². The van der Waals surface area contributed by atoms with Crippen molar-refractivity contribution in [2.75, 3.05) is 13.1 Å². The minimum absolute atomic E-state index is 0.210. The molecule has 20 heavy (non-hydrogen) atoms. The van der Waals surface area contributed by atoms with E-state index in [1.807, 2.05) is 39.1 Å². The normalized spacial score (nSPS) is 12.8. The molecule has 0 unspecified atom stereocenters. The minimum Gasteiger partial charge on any atom is -0.474 e. The topological polar surface area (TPSA) is 46.2 Å². The van der Waals surface area contributed by atoms with Crippen LogP contribution in [-0.4, -0.2) is 23.7 Å². The lowest BCUT2D eigenvalue weighted by Gasteiger charge is -2.23. The van der Waals surface area contributed by atoms with Crippen LogP contribution in [0.25, 0.3) is 0 Å². The molecule has 0 spiro atoms.